The van der Waals surface area contributed by atoms with E-state index in [1.165, 1.54) is 0 Å². The number of hydrogen-bond acceptors (Lipinski definition) is 4. The highest BCUT2D eigenvalue weighted by Gasteiger charge is 2.38. The van der Waals surface area contributed by atoms with Crippen LogP contribution in [0, 0.1) is 0 Å². The van der Waals surface area contributed by atoms with Crippen LogP contribution in [0.1, 0.15) is 15.9 Å². The van der Waals surface area contributed by atoms with E-state index in [1.807, 2.05) is 11.9 Å². The summed E-state index contributed by atoms with van der Waals surface area (Å²) in [4.78, 5) is 19.8. The maximum Gasteiger partial charge on any atom is 0.417 e. The fourth-order valence-electron chi connectivity index (χ4n) is 2.31. The number of alkyl halides is 3. The van der Waals surface area contributed by atoms with Crippen molar-refractivity contribution in [3.05, 3.63) is 29.6 Å². The molecule has 1 aliphatic rings. The minimum Gasteiger partial charge on any atom is -0.303 e. The van der Waals surface area contributed by atoms with E-state index < -0.39 is 23.6 Å². The van der Waals surface area contributed by atoms with Crippen LogP contribution < -0.4 is 0 Å². The van der Waals surface area contributed by atoms with E-state index in [2.05, 4.69) is 4.98 Å². The highest BCUT2D eigenvalue weighted by Crippen LogP contribution is 2.32. The van der Waals surface area contributed by atoms with Crippen molar-refractivity contribution in [2.24, 2.45) is 0 Å². The van der Waals surface area contributed by atoms with Gasteiger partial charge in [-0.05, 0) is 20.2 Å². The van der Waals surface area contributed by atoms with E-state index >= 15 is 0 Å². The maximum atomic E-state index is 12.9. The van der Waals surface area contributed by atoms with Crippen molar-refractivity contribution < 1.29 is 18.0 Å². The molecule has 0 aromatic carbocycles. The number of ketones is 1. The highest BCUT2D eigenvalue weighted by atomic mass is 19.4. The third-order valence-electron chi connectivity index (χ3n) is 3.55. The number of carbonyl (C=O) groups is 1. The average Bonchev–Trinajstić information content (AvgIpc) is 2.40. The fraction of sp³-hybridized carbons (Fsp3) is 0.538. The van der Waals surface area contributed by atoms with Gasteiger partial charge in [0.2, 0.25) is 0 Å². The summed E-state index contributed by atoms with van der Waals surface area (Å²) >= 11 is 0. The normalized spacial score (nSPS) is 21.9. The van der Waals surface area contributed by atoms with Gasteiger partial charge in [-0.3, -0.25) is 14.7 Å². The largest absolute Gasteiger partial charge is 0.417 e. The summed E-state index contributed by atoms with van der Waals surface area (Å²) in [6.45, 7) is 1.86. The molecule has 1 aromatic rings. The average molecular weight is 287 g/mol. The van der Waals surface area contributed by atoms with Crippen molar-refractivity contribution in [3.63, 3.8) is 0 Å². The summed E-state index contributed by atoms with van der Waals surface area (Å²) in [6, 6.07) is 0.277. The van der Waals surface area contributed by atoms with Gasteiger partial charge >= 0.3 is 6.18 Å². The number of halogens is 3. The molecule has 110 valence electrons. The minimum absolute atomic E-state index is 0.354. The Morgan fingerprint density at radius 1 is 1.35 bits per heavy atom. The molecule has 2 heterocycles. The first-order valence-electron chi connectivity index (χ1n) is 6.25. The smallest absolute Gasteiger partial charge is 0.303 e. The molecule has 0 spiro atoms. The zero-order chi connectivity index (χ0) is 14.9. The van der Waals surface area contributed by atoms with Gasteiger partial charge in [-0.25, -0.2) is 0 Å². The van der Waals surface area contributed by atoms with E-state index in [0.29, 0.717) is 13.1 Å². The van der Waals surface area contributed by atoms with E-state index in [0.717, 1.165) is 25.0 Å². The lowest BCUT2D eigenvalue weighted by atomic mass is 9.98. The van der Waals surface area contributed by atoms with Crippen molar-refractivity contribution in [2.75, 3.05) is 33.7 Å². The Morgan fingerprint density at radius 2 is 2.05 bits per heavy atom. The summed E-state index contributed by atoms with van der Waals surface area (Å²) in [5, 5.41) is 0. The molecule has 1 unspecified atom stereocenters. The number of hydrogen-bond donors (Lipinski definition) is 0. The van der Waals surface area contributed by atoms with Gasteiger partial charge in [0.15, 0.2) is 5.78 Å². The van der Waals surface area contributed by atoms with Crippen LogP contribution in [-0.4, -0.2) is 60.3 Å². The lowest BCUT2D eigenvalue weighted by Crippen LogP contribution is -2.53. The van der Waals surface area contributed by atoms with E-state index in [9.17, 15) is 18.0 Å². The van der Waals surface area contributed by atoms with E-state index in [4.69, 9.17) is 0 Å². The first-order chi connectivity index (χ1) is 9.30. The number of nitrogens with zero attached hydrogens (tertiary/aromatic N) is 3. The predicted molar refractivity (Wildman–Crippen MR) is 67.5 cm³/mol. The molecule has 0 saturated carbocycles. The van der Waals surface area contributed by atoms with Crippen LogP contribution in [0.4, 0.5) is 13.2 Å². The summed E-state index contributed by atoms with van der Waals surface area (Å²) in [7, 11) is 3.60. The number of carbonyl (C=O) groups excluding carboxylic acids is 1. The third-order valence-corrected chi connectivity index (χ3v) is 3.55. The molecule has 0 bridgehead atoms. The zero-order valence-electron chi connectivity index (χ0n) is 11.3. The van der Waals surface area contributed by atoms with Gasteiger partial charge < -0.3 is 4.90 Å². The molecule has 1 saturated heterocycles. The second-order valence-corrected chi connectivity index (χ2v) is 5.04. The van der Waals surface area contributed by atoms with Crippen LogP contribution >= 0.6 is 0 Å². The Bertz CT molecular complexity index is 504. The quantitative estimate of drug-likeness (QED) is 0.773. The van der Waals surface area contributed by atoms with Gasteiger partial charge in [-0.15, -0.1) is 0 Å². The first-order valence-corrected chi connectivity index (χ1v) is 6.25. The van der Waals surface area contributed by atoms with Crippen LogP contribution in [0.3, 0.4) is 0 Å². The second-order valence-electron chi connectivity index (χ2n) is 5.04. The van der Waals surface area contributed by atoms with Gasteiger partial charge in [0.25, 0.3) is 0 Å². The molecule has 7 heteroatoms. The lowest BCUT2D eigenvalue weighted by molar-refractivity contribution is -0.138. The maximum absolute atomic E-state index is 12.9. The van der Waals surface area contributed by atoms with Crippen molar-refractivity contribution in [1.82, 2.24) is 14.8 Å². The van der Waals surface area contributed by atoms with E-state index in [-0.39, 0.29) is 5.56 Å². The Balaban J connectivity index is 2.34. The standard InChI is InChI=1S/C13H16F3N3O/c1-18-5-6-19(2)11(8-18)12(20)9-7-17-4-3-10(9)13(14,15)16/h3-4,7,11H,5-6,8H2,1-2H3. The summed E-state index contributed by atoms with van der Waals surface area (Å²) in [5.41, 5.74) is -1.27. The van der Waals surface area contributed by atoms with Crippen molar-refractivity contribution in [2.45, 2.75) is 12.2 Å². The van der Waals surface area contributed by atoms with Crippen LogP contribution in [0.25, 0.3) is 0 Å². The van der Waals surface area contributed by atoms with Gasteiger partial charge in [0, 0.05) is 37.6 Å². The van der Waals surface area contributed by atoms with Crippen molar-refractivity contribution in [1.29, 1.82) is 0 Å². The van der Waals surface area contributed by atoms with Crippen LogP contribution in [0.5, 0.6) is 0 Å². The monoisotopic (exact) mass is 287 g/mol. The molecule has 1 fully saturated rings. The molecule has 0 N–H and O–H groups in total. The molecule has 1 aliphatic heterocycles. The molecule has 2 rings (SSSR count). The number of rotatable bonds is 2. The van der Waals surface area contributed by atoms with Crippen molar-refractivity contribution >= 4 is 5.78 Å². The number of pyridine rings is 1. The SMILES string of the molecule is CN1CCN(C)C(C(=O)c2cnccc2C(F)(F)F)C1. The van der Waals surface area contributed by atoms with Crippen molar-refractivity contribution in [3.8, 4) is 0 Å². The van der Waals surface area contributed by atoms with E-state index in [1.54, 1.807) is 11.9 Å². The van der Waals surface area contributed by atoms with Crippen LogP contribution in [0.15, 0.2) is 18.5 Å². The molecular weight excluding hydrogens is 271 g/mol. The Kier molecular flexibility index (Phi) is 4.10. The Labute approximate surface area is 115 Å². The topological polar surface area (TPSA) is 36.4 Å². The molecule has 0 radical (unpaired) electrons. The van der Waals surface area contributed by atoms with Gasteiger partial charge in [0.05, 0.1) is 11.6 Å². The predicted octanol–water partition coefficient (Wildman–Crippen LogP) is 1.53. The van der Waals surface area contributed by atoms with Crippen LogP contribution in [-0.2, 0) is 6.18 Å². The minimum atomic E-state index is -4.55. The van der Waals surface area contributed by atoms with Crippen LogP contribution in [0.2, 0.25) is 0 Å². The zero-order valence-corrected chi connectivity index (χ0v) is 11.3. The molecular formula is C13H16F3N3O. The number of likely N-dealkylation sites (N-methyl/N-ethyl adjacent to an activating group) is 2. The number of piperazine rings is 1. The highest BCUT2D eigenvalue weighted by molar-refractivity contribution is 6.01. The number of Topliss-reactive ketones (excluding diaryl/α,β-unsaturated/α-hetero) is 1. The third kappa shape index (κ3) is 2.99. The fourth-order valence-corrected chi connectivity index (χ4v) is 2.31. The summed E-state index contributed by atoms with van der Waals surface area (Å²) < 4.78 is 38.8. The Hall–Kier alpha value is -1.47. The lowest BCUT2D eigenvalue weighted by Gasteiger charge is -2.36. The summed E-state index contributed by atoms with van der Waals surface area (Å²) in [5.74, 6) is -0.528. The molecule has 1 atom stereocenters. The Morgan fingerprint density at radius 3 is 2.70 bits per heavy atom. The second kappa shape index (κ2) is 5.49. The van der Waals surface area contributed by atoms with Gasteiger partial charge in [-0.1, -0.05) is 0 Å². The molecule has 1 aromatic heterocycles. The summed E-state index contributed by atoms with van der Waals surface area (Å²) in [6.07, 6.45) is -2.49. The molecule has 4 nitrogen and oxygen atoms in total. The molecule has 20 heavy (non-hydrogen) atoms. The first kappa shape index (κ1) is 14.9. The molecule has 0 aliphatic carbocycles. The number of aromatic nitrogens is 1. The van der Waals surface area contributed by atoms with Gasteiger partial charge in [-0.2, -0.15) is 13.2 Å². The van der Waals surface area contributed by atoms with Gasteiger partial charge in [0.1, 0.15) is 0 Å². The molecule has 0 amide bonds.